The minimum Gasteiger partial charge on any atom is -0.0579 e. The largest absolute Gasteiger partial charge is 0.0579 e. The zero-order valence-electron chi connectivity index (χ0n) is 33.8. The van der Waals surface area contributed by atoms with Crippen LogP contribution in [0, 0.1) is 0 Å². The van der Waals surface area contributed by atoms with Gasteiger partial charge in [-0.2, -0.15) is 0 Å². The monoisotopic (exact) mass is 658 g/mol. The maximum Gasteiger partial charge on any atom is 0.0165 e. The Morgan fingerprint density at radius 2 is 0.660 bits per heavy atom. The van der Waals surface area contributed by atoms with Crippen molar-refractivity contribution in [2.24, 2.45) is 0 Å². The smallest absolute Gasteiger partial charge is 0.0165 e. The van der Waals surface area contributed by atoms with E-state index >= 15 is 0 Å². The van der Waals surface area contributed by atoms with Crippen LogP contribution >= 0.6 is 0 Å². The molecule has 0 unspecified atom stereocenters. The molecule has 0 radical (unpaired) electrons. The standard InChI is InChI=1S/C50H58/c1-45(2,3)27-17-19-31-37(25-27)49(13,14)43-35-23-30(48(10,11)12)22-34-40(35)39-33(41(31)43)21-29(47(7,8)9)24-36(39)44-42(34)32-20-18-28(46(4,5)6)26-38(32)50(44,15)16/h17-26H,1-16H3. The Hall–Kier alpha value is -3.64. The molecule has 0 atom stereocenters. The van der Waals surface area contributed by atoms with Gasteiger partial charge in [-0.25, -0.2) is 0 Å². The van der Waals surface area contributed by atoms with Crippen LogP contribution in [-0.2, 0) is 32.5 Å². The molecule has 0 spiro atoms. The number of fused-ring (bicyclic) bond motifs is 10. The summed E-state index contributed by atoms with van der Waals surface area (Å²) in [6, 6.07) is 25.2. The summed E-state index contributed by atoms with van der Waals surface area (Å²) >= 11 is 0. The highest BCUT2D eigenvalue weighted by atomic mass is 14.5. The van der Waals surface area contributed by atoms with Crippen LogP contribution in [0.4, 0.5) is 0 Å². The zero-order chi connectivity index (χ0) is 36.5. The van der Waals surface area contributed by atoms with Crippen molar-refractivity contribution >= 4 is 32.3 Å². The highest BCUT2D eigenvalue weighted by Crippen LogP contribution is 2.62. The summed E-state index contributed by atoms with van der Waals surface area (Å²) in [6.45, 7) is 38.4. The van der Waals surface area contributed by atoms with Gasteiger partial charge in [0.2, 0.25) is 0 Å². The maximum absolute atomic E-state index is 2.59. The second-order valence-corrected chi connectivity index (χ2v) is 21.2. The molecule has 0 amide bonds. The quantitative estimate of drug-likeness (QED) is 0.143. The third kappa shape index (κ3) is 4.36. The van der Waals surface area contributed by atoms with Crippen LogP contribution in [-0.4, -0.2) is 0 Å². The minimum atomic E-state index is -0.144. The van der Waals surface area contributed by atoms with Crippen molar-refractivity contribution in [1.82, 2.24) is 0 Å². The maximum atomic E-state index is 2.59. The summed E-state index contributed by atoms with van der Waals surface area (Å²) in [6.07, 6.45) is 0. The summed E-state index contributed by atoms with van der Waals surface area (Å²) < 4.78 is 0. The molecule has 8 rings (SSSR count). The molecule has 0 bridgehead atoms. The summed E-state index contributed by atoms with van der Waals surface area (Å²) in [4.78, 5) is 0. The van der Waals surface area contributed by atoms with Crippen molar-refractivity contribution in [1.29, 1.82) is 0 Å². The molecule has 0 fully saturated rings. The fraction of sp³-hybridized carbons (Fsp3) is 0.440. The van der Waals surface area contributed by atoms with E-state index in [1.165, 1.54) is 99.1 Å². The lowest BCUT2D eigenvalue weighted by Crippen LogP contribution is -2.20. The average molecular weight is 659 g/mol. The third-order valence-corrected chi connectivity index (χ3v) is 12.7. The van der Waals surface area contributed by atoms with Crippen molar-refractivity contribution in [3.05, 3.63) is 105 Å². The third-order valence-electron chi connectivity index (χ3n) is 12.7. The molecular formula is C50H58. The van der Waals surface area contributed by atoms with Crippen molar-refractivity contribution < 1.29 is 0 Å². The van der Waals surface area contributed by atoms with E-state index in [9.17, 15) is 0 Å². The minimum absolute atomic E-state index is 0.00563. The van der Waals surface area contributed by atoms with E-state index < -0.39 is 0 Å². The lowest BCUT2D eigenvalue weighted by molar-refractivity contribution is 0.584. The van der Waals surface area contributed by atoms with E-state index in [-0.39, 0.29) is 32.5 Å². The van der Waals surface area contributed by atoms with Gasteiger partial charge in [0, 0.05) is 10.8 Å². The van der Waals surface area contributed by atoms with Crippen molar-refractivity contribution in [3.63, 3.8) is 0 Å². The molecule has 0 heteroatoms. The van der Waals surface area contributed by atoms with Gasteiger partial charge in [-0.1, -0.05) is 159 Å². The highest BCUT2D eigenvalue weighted by molar-refractivity contribution is 6.33. The van der Waals surface area contributed by atoms with Gasteiger partial charge in [-0.05, 0) is 133 Å². The Balaban J connectivity index is 1.66. The topological polar surface area (TPSA) is 0 Å². The Morgan fingerprint density at radius 3 is 0.960 bits per heavy atom. The molecule has 0 nitrogen and oxygen atoms in total. The van der Waals surface area contributed by atoms with Crippen molar-refractivity contribution in [2.75, 3.05) is 0 Å². The van der Waals surface area contributed by atoms with Crippen LogP contribution in [0.1, 0.15) is 155 Å². The zero-order valence-corrected chi connectivity index (χ0v) is 33.8. The lowest BCUT2D eigenvalue weighted by Gasteiger charge is -2.31. The van der Waals surface area contributed by atoms with Gasteiger partial charge in [0.25, 0.3) is 0 Å². The Labute approximate surface area is 302 Å². The molecule has 0 heterocycles. The molecule has 0 saturated carbocycles. The molecule has 2 aliphatic rings. The van der Waals surface area contributed by atoms with Gasteiger partial charge in [0.05, 0.1) is 0 Å². The van der Waals surface area contributed by atoms with Gasteiger partial charge < -0.3 is 0 Å². The van der Waals surface area contributed by atoms with E-state index in [0.717, 1.165) is 0 Å². The molecule has 0 saturated heterocycles. The summed E-state index contributed by atoms with van der Waals surface area (Å²) in [7, 11) is 0. The first-order chi connectivity index (χ1) is 22.8. The van der Waals surface area contributed by atoms with Crippen molar-refractivity contribution in [3.8, 4) is 22.3 Å². The first-order valence-corrected chi connectivity index (χ1v) is 19.0. The van der Waals surface area contributed by atoms with Crippen molar-refractivity contribution in [2.45, 2.75) is 143 Å². The van der Waals surface area contributed by atoms with Gasteiger partial charge >= 0.3 is 0 Å². The fourth-order valence-electron chi connectivity index (χ4n) is 9.64. The van der Waals surface area contributed by atoms with E-state index in [0.29, 0.717) is 0 Å². The number of hydrogen-bond acceptors (Lipinski definition) is 0. The second-order valence-electron chi connectivity index (χ2n) is 21.2. The van der Waals surface area contributed by atoms with E-state index in [2.05, 4.69) is 171 Å². The second kappa shape index (κ2) is 9.61. The number of benzene rings is 6. The van der Waals surface area contributed by atoms with Crippen LogP contribution in [0.15, 0.2) is 60.7 Å². The van der Waals surface area contributed by atoms with Crippen LogP contribution in [0.25, 0.3) is 54.6 Å². The van der Waals surface area contributed by atoms with Crippen LogP contribution in [0.2, 0.25) is 0 Å². The predicted octanol–water partition coefficient (Wildman–Crippen LogP) is 14.4. The summed E-state index contributed by atoms with van der Waals surface area (Å²) in [5, 5.41) is 8.68. The first-order valence-electron chi connectivity index (χ1n) is 19.0. The first kappa shape index (κ1) is 33.5. The van der Waals surface area contributed by atoms with Gasteiger partial charge in [-0.15, -0.1) is 0 Å². The lowest BCUT2D eigenvalue weighted by atomic mass is 9.72. The molecule has 6 aromatic carbocycles. The normalized spacial score (nSPS) is 16.7. The number of rotatable bonds is 0. The molecule has 0 aliphatic heterocycles. The Morgan fingerprint density at radius 1 is 0.360 bits per heavy atom. The highest BCUT2D eigenvalue weighted by Gasteiger charge is 2.44. The van der Waals surface area contributed by atoms with Crippen LogP contribution < -0.4 is 0 Å². The predicted molar refractivity (Wildman–Crippen MR) is 220 cm³/mol. The average Bonchev–Trinajstić information content (AvgIpc) is 3.38. The molecule has 50 heavy (non-hydrogen) atoms. The molecule has 258 valence electrons. The molecule has 6 aromatic rings. The van der Waals surface area contributed by atoms with Crippen LogP contribution in [0.5, 0.6) is 0 Å². The van der Waals surface area contributed by atoms with E-state index in [4.69, 9.17) is 0 Å². The number of hydrogen-bond donors (Lipinski definition) is 0. The van der Waals surface area contributed by atoms with E-state index in [1.54, 1.807) is 0 Å². The van der Waals surface area contributed by atoms with Gasteiger partial charge in [0.15, 0.2) is 0 Å². The van der Waals surface area contributed by atoms with Gasteiger partial charge in [-0.3, -0.25) is 0 Å². The molecule has 0 aromatic heterocycles. The molecule has 2 aliphatic carbocycles. The Bertz CT molecular complexity index is 2250. The summed E-state index contributed by atoms with van der Waals surface area (Å²) in [5.74, 6) is 0. The Kier molecular flexibility index (Phi) is 6.44. The molecule has 0 N–H and O–H groups in total. The fourth-order valence-corrected chi connectivity index (χ4v) is 9.64. The van der Waals surface area contributed by atoms with Gasteiger partial charge in [0.1, 0.15) is 0 Å². The summed E-state index contributed by atoms with van der Waals surface area (Å²) in [5.41, 5.74) is 17.3. The van der Waals surface area contributed by atoms with Crippen LogP contribution in [0.3, 0.4) is 0 Å². The van der Waals surface area contributed by atoms with E-state index in [1.807, 2.05) is 0 Å². The molecular weight excluding hydrogens is 601 g/mol. The SMILES string of the molecule is CC(C)(C)c1ccc2c(c1)C(C)(C)c1c-2c2cc(C(C)(C)C)cc3c4c(c5cc(C(C)(C)C)cc1c5c23)-c1ccc(C(C)(C)C)cc1C4(C)C.